The molecule has 1 aliphatic heterocycles. The van der Waals surface area contributed by atoms with Crippen LogP contribution >= 0.6 is 0 Å². The summed E-state index contributed by atoms with van der Waals surface area (Å²) in [6.07, 6.45) is 3.46. The van der Waals surface area contributed by atoms with Crippen LogP contribution in [0.1, 0.15) is 23.6 Å². The predicted molar refractivity (Wildman–Crippen MR) is 119 cm³/mol. The van der Waals surface area contributed by atoms with Gasteiger partial charge in [0.25, 0.3) is 5.91 Å². The maximum atomic E-state index is 13.4. The molecule has 0 saturated heterocycles. The van der Waals surface area contributed by atoms with Crippen LogP contribution in [0.3, 0.4) is 0 Å². The van der Waals surface area contributed by atoms with E-state index in [-0.39, 0.29) is 18.2 Å². The van der Waals surface area contributed by atoms with Crippen LogP contribution in [0.2, 0.25) is 0 Å². The van der Waals surface area contributed by atoms with E-state index in [4.69, 9.17) is 0 Å². The molecule has 2 amide bonds. The fourth-order valence-corrected chi connectivity index (χ4v) is 3.94. The molecule has 1 atom stereocenters. The van der Waals surface area contributed by atoms with Gasteiger partial charge in [-0.1, -0.05) is 35.9 Å². The second kappa shape index (κ2) is 7.68. The lowest BCUT2D eigenvalue weighted by atomic mass is 10.1. The Balaban J connectivity index is 1.46. The number of rotatable bonds is 5. The van der Waals surface area contributed by atoms with Crippen LogP contribution in [0.15, 0.2) is 73.1 Å². The summed E-state index contributed by atoms with van der Waals surface area (Å²) < 4.78 is 1.88. The number of benzene rings is 2. The van der Waals surface area contributed by atoms with E-state index in [2.05, 4.69) is 15.3 Å². The van der Waals surface area contributed by atoms with Crippen molar-refractivity contribution in [1.29, 1.82) is 0 Å². The molecule has 0 radical (unpaired) electrons. The van der Waals surface area contributed by atoms with Gasteiger partial charge in [0.2, 0.25) is 11.9 Å². The third-order valence-electron chi connectivity index (χ3n) is 5.46. The van der Waals surface area contributed by atoms with Gasteiger partial charge in [-0.3, -0.25) is 24.0 Å². The summed E-state index contributed by atoms with van der Waals surface area (Å²) in [4.78, 5) is 36.6. The van der Waals surface area contributed by atoms with Gasteiger partial charge in [-0.2, -0.15) is 0 Å². The fraction of sp³-hybridized carbons (Fsp3) is 0.167. The highest BCUT2D eigenvalue weighted by atomic mass is 16.2. The molecule has 4 aromatic rings. The number of pyridine rings is 1. The van der Waals surface area contributed by atoms with E-state index in [1.807, 2.05) is 72.2 Å². The largest absolute Gasteiger partial charge is 0.326 e. The average Bonchev–Trinajstić information content (AvgIpc) is 3.27. The third-order valence-corrected chi connectivity index (χ3v) is 5.46. The Morgan fingerprint density at radius 2 is 1.87 bits per heavy atom. The smallest absolute Gasteiger partial charge is 0.253 e. The Morgan fingerprint density at radius 3 is 2.65 bits per heavy atom. The summed E-state index contributed by atoms with van der Waals surface area (Å²) in [7, 11) is 0. The van der Waals surface area contributed by atoms with Gasteiger partial charge in [0, 0.05) is 18.1 Å². The molecule has 1 N–H and O–H groups in total. The molecule has 2 aromatic heterocycles. The highest BCUT2D eigenvalue weighted by Crippen LogP contribution is 2.37. The van der Waals surface area contributed by atoms with Crippen LogP contribution in [-0.4, -0.2) is 26.3 Å². The second-order valence-electron chi connectivity index (χ2n) is 7.69. The maximum Gasteiger partial charge on any atom is 0.253 e. The van der Waals surface area contributed by atoms with E-state index in [9.17, 15) is 9.59 Å². The van der Waals surface area contributed by atoms with Gasteiger partial charge in [0.05, 0.1) is 24.0 Å². The lowest BCUT2D eigenvalue weighted by molar-refractivity contribution is -0.124. The minimum Gasteiger partial charge on any atom is -0.326 e. The summed E-state index contributed by atoms with van der Waals surface area (Å²) in [5.74, 6) is 0.202. The van der Waals surface area contributed by atoms with E-state index in [1.54, 1.807) is 17.3 Å². The molecule has 2 aromatic carbocycles. The number of nitrogens with one attached hydrogen (secondary N) is 1. The molecule has 31 heavy (non-hydrogen) atoms. The Bertz CT molecular complexity index is 1260. The highest BCUT2D eigenvalue weighted by Gasteiger charge is 2.40. The first-order valence-electron chi connectivity index (χ1n) is 10.1. The molecule has 0 unspecified atom stereocenters. The number of para-hydroxylation sites is 2. The summed E-state index contributed by atoms with van der Waals surface area (Å²) in [5.41, 5.74) is 4.37. The van der Waals surface area contributed by atoms with Crippen LogP contribution in [0, 0.1) is 6.92 Å². The quantitative estimate of drug-likeness (QED) is 0.541. The standard InChI is InChI=1S/C24H21N5O2/c1-16-8-10-18(11-9-16)26-22(30)13-21-23(31)28(15-17-5-4-12-25-14-17)24-27-19-6-2-3-7-20(19)29(21)24/h2-12,14,21H,13,15H2,1H3,(H,26,30)/t21-/m0/s1. The van der Waals surface area contributed by atoms with Crippen molar-refractivity contribution in [3.63, 3.8) is 0 Å². The number of imidazole rings is 1. The number of carbonyl (C=O) groups is 2. The number of carbonyl (C=O) groups excluding carboxylic acids is 2. The van der Waals surface area contributed by atoms with E-state index in [0.717, 1.165) is 22.2 Å². The van der Waals surface area contributed by atoms with Gasteiger partial charge < -0.3 is 5.32 Å². The van der Waals surface area contributed by atoms with Crippen molar-refractivity contribution < 1.29 is 9.59 Å². The SMILES string of the molecule is Cc1ccc(NC(=O)C[C@H]2C(=O)N(Cc3cccnc3)c3nc4ccccc4n32)cc1. The lowest BCUT2D eigenvalue weighted by Crippen LogP contribution is -2.31. The van der Waals surface area contributed by atoms with Gasteiger partial charge in [0.1, 0.15) is 6.04 Å². The average molecular weight is 411 g/mol. The zero-order valence-corrected chi connectivity index (χ0v) is 17.0. The van der Waals surface area contributed by atoms with Crippen molar-refractivity contribution in [3.8, 4) is 0 Å². The first-order chi connectivity index (χ1) is 15.1. The maximum absolute atomic E-state index is 13.4. The zero-order valence-electron chi connectivity index (χ0n) is 17.0. The normalized spacial score (nSPS) is 15.3. The topological polar surface area (TPSA) is 80.1 Å². The van der Waals surface area contributed by atoms with Crippen LogP contribution < -0.4 is 10.2 Å². The van der Waals surface area contributed by atoms with Crippen LogP contribution in [0.4, 0.5) is 11.6 Å². The van der Waals surface area contributed by atoms with Crippen molar-refractivity contribution in [1.82, 2.24) is 14.5 Å². The minimum absolute atomic E-state index is 0.0314. The second-order valence-corrected chi connectivity index (χ2v) is 7.69. The van der Waals surface area contributed by atoms with Gasteiger partial charge >= 0.3 is 0 Å². The van der Waals surface area contributed by atoms with E-state index < -0.39 is 6.04 Å². The molecule has 0 saturated carbocycles. The Labute approximate surface area is 179 Å². The summed E-state index contributed by atoms with van der Waals surface area (Å²) >= 11 is 0. The third kappa shape index (κ3) is 3.54. The van der Waals surface area contributed by atoms with Crippen molar-refractivity contribution >= 4 is 34.5 Å². The van der Waals surface area contributed by atoms with Gasteiger partial charge in [-0.15, -0.1) is 0 Å². The molecule has 7 heteroatoms. The lowest BCUT2D eigenvalue weighted by Gasteiger charge is -2.16. The van der Waals surface area contributed by atoms with E-state index in [0.29, 0.717) is 18.2 Å². The number of fused-ring (bicyclic) bond motifs is 3. The molecule has 0 fully saturated rings. The number of nitrogens with zero attached hydrogens (tertiary/aromatic N) is 4. The van der Waals surface area contributed by atoms with E-state index >= 15 is 0 Å². The molecule has 1 aliphatic rings. The van der Waals surface area contributed by atoms with Crippen molar-refractivity contribution in [2.45, 2.75) is 25.9 Å². The fourth-order valence-electron chi connectivity index (χ4n) is 3.94. The molecular formula is C24H21N5O2. The number of amides is 2. The van der Waals surface area contributed by atoms with Crippen molar-refractivity contribution in [2.24, 2.45) is 0 Å². The Morgan fingerprint density at radius 1 is 1.06 bits per heavy atom. The molecule has 0 bridgehead atoms. The number of aryl methyl sites for hydroxylation is 1. The summed E-state index contributed by atoms with van der Waals surface area (Å²) in [5, 5.41) is 2.90. The Kier molecular flexibility index (Phi) is 4.71. The summed E-state index contributed by atoms with van der Waals surface area (Å²) in [6, 6.07) is 18.4. The van der Waals surface area contributed by atoms with Gasteiger partial charge in [-0.25, -0.2) is 4.98 Å². The van der Waals surface area contributed by atoms with E-state index in [1.165, 1.54) is 0 Å². The molecular weight excluding hydrogens is 390 g/mol. The molecule has 5 rings (SSSR count). The first-order valence-corrected chi connectivity index (χ1v) is 10.1. The number of hydrogen-bond donors (Lipinski definition) is 1. The predicted octanol–water partition coefficient (Wildman–Crippen LogP) is 3.86. The minimum atomic E-state index is -0.649. The molecule has 0 spiro atoms. The molecule has 3 heterocycles. The molecule has 7 nitrogen and oxygen atoms in total. The Hall–Kier alpha value is -4.00. The first kappa shape index (κ1) is 19.0. The number of anilines is 2. The van der Waals surface area contributed by atoms with Crippen molar-refractivity contribution in [2.75, 3.05) is 10.2 Å². The highest BCUT2D eigenvalue weighted by molar-refractivity contribution is 6.05. The zero-order chi connectivity index (χ0) is 21.4. The molecule has 154 valence electrons. The van der Waals surface area contributed by atoms with Crippen LogP contribution in [-0.2, 0) is 16.1 Å². The van der Waals surface area contributed by atoms with Crippen molar-refractivity contribution in [3.05, 3.63) is 84.2 Å². The van der Waals surface area contributed by atoms with Gasteiger partial charge in [0.15, 0.2) is 0 Å². The van der Waals surface area contributed by atoms with Crippen LogP contribution in [0.5, 0.6) is 0 Å². The summed E-state index contributed by atoms with van der Waals surface area (Å²) in [6.45, 7) is 2.34. The molecule has 0 aliphatic carbocycles. The number of hydrogen-bond acceptors (Lipinski definition) is 4. The van der Waals surface area contributed by atoms with Crippen LogP contribution in [0.25, 0.3) is 11.0 Å². The monoisotopic (exact) mass is 411 g/mol. The van der Waals surface area contributed by atoms with Gasteiger partial charge in [-0.05, 0) is 42.8 Å². The number of aromatic nitrogens is 3.